The van der Waals surface area contributed by atoms with E-state index in [9.17, 15) is 14.4 Å². The van der Waals surface area contributed by atoms with E-state index in [2.05, 4.69) is 10.6 Å². The number of hydrogen-bond acceptors (Lipinski definition) is 4. The van der Waals surface area contributed by atoms with Gasteiger partial charge in [-0.05, 0) is 38.5 Å². The maximum Gasteiger partial charge on any atom is 0.319 e. The molecule has 142 valence electrons. The topological polar surface area (TPSA) is 98.7 Å². The molecule has 0 radical (unpaired) electrons. The van der Waals surface area contributed by atoms with Crippen molar-refractivity contribution in [3.63, 3.8) is 0 Å². The Morgan fingerprint density at radius 3 is 2.58 bits per heavy atom. The molecule has 1 aromatic rings. The van der Waals surface area contributed by atoms with Crippen LogP contribution in [-0.4, -0.2) is 58.0 Å². The third kappa shape index (κ3) is 6.25. The lowest BCUT2D eigenvalue weighted by molar-refractivity contribution is -0.137. The van der Waals surface area contributed by atoms with E-state index in [0.29, 0.717) is 17.7 Å². The molecule has 0 unspecified atom stereocenters. The number of carboxylic acids is 1. The number of rotatable bonds is 6. The molecular formula is C18H25N3O4S. The second kappa shape index (κ2) is 8.93. The van der Waals surface area contributed by atoms with Crippen LogP contribution < -0.4 is 10.6 Å². The zero-order valence-corrected chi connectivity index (χ0v) is 15.9. The average molecular weight is 379 g/mol. The van der Waals surface area contributed by atoms with Crippen molar-refractivity contribution in [3.05, 3.63) is 29.8 Å². The molecule has 8 heteroatoms. The molecule has 1 fully saturated rings. The standard InChI is InChI=1S/C18H25N3O4S/c1-18(2,7-6-15(22)23)20-17(25)19-14-5-3-4-13(12-14)16(24)21-8-10-26-11-9-21/h3-5,12H,6-11H2,1-2H3,(H,22,23)(H2,19,20,25). The molecule has 3 N–H and O–H groups in total. The quantitative estimate of drug-likeness (QED) is 0.706. The molecule has 1 heterocycles. The van der Waals surface area contributed by atoms with Crippen LogP contribution in [0.4, 0.5) is 10.5 Å². The third-order valence-corrected chi connectivity index (χ3v) is 5.02. The minimum Gasteiger partial charge on any atom is -0.481 e. The lowest BCUT2D eigenvalue weighted by atomic mass is 9.99. The molecule has 1 aromatic carbocycles. The normalized spacial score (nSPS) is 14.6. The number of hydrogen-bond donors (Lipinski definition) is 3. The zero-order valence-electron chi connectivity index (χ0n) is 15.1. The molecule has 7 nitrogen and oxygen atoms in total. The van der Waals surface area contributed by atoms with Crippen LogP contribution in [0.15, 0.2) is 24.3 Å². The van der Waals surface area contributed by atoms with Crippen LogP contribution >= 0.6 is 11.8 Å². The summed E-state index contributed by atoms with van der Waals surface area (Å²) in [7, 11) is 0. The average Bonchev–Trinajstić information content (AvgIpc) is 2.60. The van der Waals surface area contributed by atoms with Crippen LogP contribution in [0.25, 0.3) is 0 Å². The van der Waals surface area contributed by atoms with Crippen LogP contribution in [0.2, 0.25) is 0 Å². The second-order valence-corrected chi connectivity index (χ2v) is 8.07. The minimum absolute atomic E-state index is 0.0224. The molecule has 0 saturated carbocycles. The molecule has 2 rings (SSSR count). The van der Waals surface area contributed by atoms with Gasteiger partial charge in [0.05, 0.1) is 0 Å². The van der Waals surface area contributed by atoms with Crippen molar-refractivity contribution in [1.29, 1.82) is 0 Å². The Morgan fingerprint density at radius 1 is 1.23 bits per heavy atom. The van der Waals surface area contributed by atoms with Gasteiger partial charge in [0.15, 0.2) is 0 Å². The van der Waals surface area contributed by atoms with Crippen molar-refractivity contribution in [1.82, 2.24) is 10.2 Å². The Kier molecular flexibility index (Phi) is 6.90. The van der Waals surface area contributed by atoms with Crippen molar-refractivity contribution in [3.8, 4) is 0 Å². The fourth-order valence-electron chi connectivity index (χ4n) is 2.63. The van der Waals surface area contributed by atoms with E-state index in [0.717, 1.165) is 24.6 Å². The SMILES string of the molecule is CC(C)(CCC(=O)O)NC(=O)Nc1cccc(C(=O)N2CCSCC2)c1. The first-order valence-corrected chi connectivity index (χ1v) is 9.70. The number of nitrogens with zero attached hydrogens (tertiary/aromatic N) is 1. The Labute approximate surface area is 157 Å². The van der Waals surface area contributed by atoms with Gasteiger partial charge >= 0.3 is 12.0 Å². The molecule has 1 aliphatic heterocycles. The Hall–Kier alpha value is -2.22. The number of amides is 3. The van der Waals surface area contributed by atoms with Crippen LogP contribution in [-0.2, 0) is 4.79 Å². The van der Waals surface area contributed by atoms with Crippen molar-refractivity contribution in [2.75, 3.05) is 29.9 Å². The Bertz CT molecular complexity index is 672. The van der Waals surface area contributed by atoms with Crippen LogP contribution in [0, 0.1) is 0 Å². The molecule has 0 aromatic heterocycles. The summed E-state index contributed by atoms with van der Waals surface area (Å²) in [4.78, 5) is 37.2. The van der Waals surface area contributed by atoms with Crippen LogP contribution in [0.3, 0.4) is 0 Å². The number of benzene rings is 1. The minimum atomic E-state index is -0.900. The highest BCUT2D eigenvalue weighted by Gasteiger charge is 2.22. The largest absolute Gasteiger partial charge is 0.481 e. The van der Waals surface area contributed by atoms with E-state index in [1.165, 1.54) is 0 Å². The van der Waals surface area contributed by atoms with Gasteiger partial charge in [-0.15, -0.1) is 0 Å². The van der Waals surface area contributed by atoms with E-state index in [1.807, 2.05) is 16.7 Å². The lowest BCUT2D eigenvalue weighted by Gasteiger charge is -2.27. The van der Waals surface area contributed by atoms with Crippen molar-refractivity contribution in [2.24, 2.45) is 0 Å². The van der Waals surface area contributed by atoms with Gasteiger partial charge in [0.2, 0.25) is 0 Å². The summed E-state index contributed by atoms with van der Waals surface area (Å²) in [6.07, 6.45) is 0.298. The van der Waals surface area contributed by atoms with Gasteiger partial charge < -0.3 is 20.6 Å². The van der Waals surface area contributed by atoms with Gasteiger partial charge in [0, 0.05) is 47.8 Å². The van der Waals surface area contributed by atoms with Crippen LogP contribution in [0.5, 0.6) is 0 Å². The monoisotopic (exact) mass is 379 g/mol. The molecule has 0 spiro atoms. The molecule has 3 amide bonds. The number of aliphatic carboxylic acids is 1. The van der Waals surface area contributed by atoms with Gasteiger partial charge in [-0.25, -0.2) is 4.79 Å². The highest BCUT2D eigenvalue weighted by atomic mass is 32.2. The van der Waals surface area contributed by atoms with Gasteiger partial charge in [0.1, 0.15) is 0 Å². The van der Waals surface area contributed by atoms with Gasteiger partial charge in [-0.2, -0.15) is 11.8 Å². The number of carbonyl (C=O) groups excluding carboxylic acids is 2. The summed E-state index contributed by atoms with van der Waals surface area (Å²) in [6, 6.07) is 6.42. The smallest absolute Gasteiger partial charge is 0.319 e. The van der Waals surface area contributed by atoms with Crippen molar-refractivity contribution >= 4 is 35.4 Å². The van der Waals surface area contributed by atoms with E-state index >= 15 is 0 Å². The Morgan fingerprint density at radius 2 is 1.92 bits per heavy atom. The summed E-state index contributed by atoms with van der Waals surface area (Å²) in [5.74, 6) is 0.952. The maximum absolute atomic E-state index is 12.5. The predicted molar refractivity (Wildman–Crippen MR) is 103 cm³/mol. The third-order valence-electron chi connectivity index (χ3n) is 4.08. The van der Waals surface area contributed by atoms with E-state index in [4.69, 9.17) is 5.11 Å². The fraction of sp³-hybridized carbons (Fsp3) is 0.500. The Balaban J connectivity index is 1.95. The fourth-order valence-corrected chi connectivity index (χ4v) is 3.53. The van der Waals surface area contributed by atoms with Crippen molar-refractivity contribution < 1.29 is 19.5 Å². The second-order valence-electron chi connectivity index (χ2n) is 6.84. The molecule has 1 aliphatic rings. The highest BCUT2D eigenvalue weighted by Crippen LogP contribution is 2.17. The molecular weight excluding hydrogens is 354 g/mol. The predicted octanol–water partition coefficient (Wildman–Crippen LogP) is 2.64. The van der Waals surface area contributed by atoms with Crippen molar-refractivity contribution in [2.45, 2.75) is 32.2 Å². The number of urea groups is 1. The number of thioether (sulfide) groups is 1. The number of nitrogens with one attached hydrogen (secondary N) is 2. The maximum atomic E-state index is 12.5. The first-order valence-electron chi connectivity index (χ1n) is 8.55. The molecule has 0 aliphatic carbocycles. The van der Waals surface area contributed by atoms with Gasteiger partial charge in [-0.1, -0.05) is 6.07 Å². The molecule has 0 atom stereocenters. The number of carbonyl (C=O) groups is 3. The highest BCUT2D eigenvalue weighted by molar-refractivity contribution is 7.99. The van der Waals surface area contributed by atoms with E-state index < -0.39 is 17.5 Å². The van der Waals surface area contributed by atoms with E-state index in [1.54, 1.807) is 38.1 Å². The van der Waals surface area contributed by atoms with Gasteiger partial charge in [0.25, 0.3) is 5.91 Å². The summed E-state index contributed by atoms with van der Waals surface area (Å²) in [6.45, 7) is 5.01. The van der Waals surface area contributed by atoms with E-state index in [-0.39, 0.29) is 12.3 Å². The lowest BCUT2D eigenvalue weighted by Crippen LogP contribution is -2.45. The summed E-state index contributed by atoms with van der Waals surface area (Å²) < 4.78 is 0. The molecule has 0 bridgehead atoms. The van der Waals surface area contributed by atoms with Crippen LogP contribution in [0.1, 0.15) is 37.0 Å². The summed E-state index contributed by atoms with van der Waals surface area (Å²) in [5, 5.41) is 14.2. The summed E-state index contributed by atoms with van der Waals surface area (Å²) in [5.41, 5.74) is 0.412. The molecule has 1 saturated heterocycles. The number of carboxylic acid groups (broad SMARTS) is 1. The van der Waals surface area contributed by atoms with Gasteiger partial charge in [-0.3, -0.25) is 9.59 Å². The number of anilines is 1. The first kappa shape index (κ1) is 20.1. The molecule has 26 heavy (non-hydrogen) atoms. The summed E-state index contributed by atoms with van der Waals surface area (Å²) >= 11 is 1.84. The first-order chi connectivity index (χ1) is 12.3. The zero-order chi connectivity index (χ0) is 19.2.